The van der Waals surface area contributed by atoms with Crippen LogP contribution in [-0.2, 0) is 6.54 Å². The number of para-hydroxylation sites is 1. The van der Waals surface area contributed by atoms with E-state index in [1.807, 2.05) is 35.2 Å². The minimum atomic E-state index is 0.273. The number of nitrogens with two attached hydrogens (primary N) is 1. The van der Waals surface area contributed by atoms with E-state index in [1.54, 1.807) is 11.3 Å². The van der Waals surface area contributed by atoms with Crippen LogP contribution in [0.25, 0.3) is 10.9 Å². The van der Waals surface area contributed by atoms with Crippen LogP contribution >= 0.6 is 11.3 Å². The molecule has 0 saturated heterocycles. The summed E-state index contributed by atoms with van der Waals surface area (Å²) in [4.78, 5) is 12.6. The molecule has 2 aromatic heterocycles. The zero-order valence-corrected chi connectivity index (χ0v) is 10.3. The number of nitrogen functional groups attached to an aromatic ring is 1. The van der Waals surface area contributed by atoms with E-state index in [0.29, 0.717) is 6.54 Å². The first-order valence-electron chi connectivity index (χ1n) is 5.46. The Labute approximate surface area is 108 Å². The zero-order valence-electron chi connectivity index (χ0n) is 9.50. The molecule has 5 nitrogen and oxygen atoms in total. The number of aromatic nitrogens is 3. The van der Waals surface area contributed by atoms with Crippen molar-refractivity contribution in [2.45, 2.75) is 6.54 Å². The second-order valence-corrected chi connectivity index (χ2v) is 4.50. The van der Waals surface area contributed by atoms with Crippen LogP contribution in [0, 0.1) is 0 Å². The van der Waals surface area contributed by atoms with E-state index in [-0.39, 0.29) is 5.95 Å². The lowest BCUT2D eigenvalue weighted by molar-refractivity contribution is 1.05. The van der Waals surface area contributed by atoms with Crippen LogP contribution in [0.5, 0.6) is 0 Å². The fraction of sp³-hybridized carbons (Fsp3) is 0.0833. The summed E-state index contributed by atoms with van der Waals surface area (Å²) >= 11 is 1.57. The summed E-state index contributed by atoms with van der Waals surface area (Å²) < 4.78 is 0. The minimum absolute atomic E-state index is 0.273. The van der Waals surface area contributed by atoms with Gasteiger partial charge < -0.3 is 11.1 Å². The van der Waals surface area contributed by atoms with Crippen LogP contribution in [0.2, 0.25) is 0 Å². The van der Waals surface area contributed by atoms with Crippen molar-refractivity contribution < 1.29 is 0 Å². The molecule has 0 saturated carbocycles. The van der Waals surface area contributed by atoms with Crippen LogP contribution in [0.4, 0.5) is 11.8 Å². The standard InChI is InChI=1S/C12H11N5S/c13-12-16-10-4-2-1-3-9(10)11(17-12)14-5-8-6-18-7-15-8/h1-4,6-7H,5H2,(H3,13,14,16,17). The summed E-state index contributed by atoms with van der Waals surface area (Å²) in [5.41, 5.74) is 9.33. The number of thiazole rings is 1. The van der Waals surface area contributed by atoms with Gasteiger partial charge >= 0.3 is 0 Å². The average Bonchev–Trinajstić information content (AvgIpc) is 2.89. The first-order valence-corrected chi connectivity index (χ1v) is 6.40. The highest BCUT2D eigenvalue weighted by atomic mass is 32.1. The Kier molecular flexibility index (Phi) is 2.77. The van der Waals surface area contributed by atoms with Gasteiger partial charge in [0, 0.05) is 10.8 Å². The number of hydrogen-bond acceptors (Lipinski definition) is 6. The van der Waals surface area contributed by atoms with Crippen molar-refractivity contribution in [3.8, 4) is 0 Å². The van der Waals surface area contributed by atoms with E-state index in [1.165, 1.54) is 0 Å². The smallest absolute Gasteiger partial charge is 0.222 e. The predicted octanol–water partition coefficient (Wildman–Crippen LogP) is 2.28. The molecule has 18 heavy (non-hydrogen) atoms. The van der Waals surface area contributed by atoms with E-state index < -0.39 is 0 Å². The molecular weight excluding hydrogens is 246 g/mol. The maximum absolute atomic E-state index is 5.70. The fourth-order valence-corrected chi connectivity index (χ4v) is 2.29. The topological polar surface area (TPSA) is 76.7 Å². The molecule has 0 aliphatic heterocycles. The van der Waals surface area contributed by atoms with Gasteiger partial charge in [0.2, 0.25) is 5.95 Å². The van der Waals surface area contributed by atoms with E-state index >= 15 is 0 Å². The number of rotatable bonds is 3. The van der Waals surface area contributed by atoms with Gasteiger partial charge in [-0.25, -0.2) is 9.97 Å². The number of benzene rings is 1. The molecule has 0 spiro atoms. The number of hydrogen-bond donors (Lipinski definition) is 2. The normalized spacial score (nSPS) is 10.7. The third-order valence-electron chi connectivity index (χ3n) is 2.54. The number of fused-ring (bicyclic) bond motifs is 1. The molecule has 90 valence electrons. The van der Waals surface area contributed by atoms with E-state index in [9.17, 15) is 0 Å². The largest absolute Gasteiger partial charge is 0.368 e. The molecule has 2 heterocycles. The Hall–Kier alpha value is -2.21. The van der Waals surface area contributed by atoms with Crippen LogP contribution in [0.15, 0.2) is 35.2 Å². The van der Waals surface area contributed by atoms with E-state index in [0.717, 1.165) is 22.4 Å². The van der Waals surface area contributed by atoms with Crippen molar-refractivity contribution in [1.82, 2.24) is 15.0 Å². The number of nitrogens with zero attached hydrogens (tertiary/aromatic N) is 3. The van der Waals surface area contributed by atoms with Gasteiger partial charge in [0.15, 0.2) is 0 Å². The Morgan fingerprint density at radius 3 is 2.94 bits per heavy atom. The van der Waals surface area contributed by atoms with Crippen molar-refractivity contribution in [2.24, 2.45) is 0 Å². The molecule has 0 fully saturated rings. The Balaban J connectivity index is 1.95. The maximum Gasteiger partial charge on any atom is 0.222 e. The molecule has 0 amide bonds. The highest BCUT2D eigenvalue weighted by Gasteiger charge is 2.05. The molecule has 0 bridgehead atoms. The summed E-state index contributed by atoms with van der Waals surface area (Å²) in [6.07, 6.45) is 0. The molecule has 0 unspecified atom stereocenters. The zero-order chi connectivity index (χ0) is 12.4. The van der Waals surface area contributed by atoms with Gasteiger partial charge in [-0.05, 0) is 12.1 Å². The molecule has 0 aliphatic rings. The van der Waals surface area contributed by atoms with E-state index in [4.69, 9.17) is 5.73 Å². The Bertz CT molecular complexity index is 665. The molecule has 0 radical (unpaired) electrons. The van der Waals surface area contributed by atoms with Crippen molar-refractivity contribution in [2.75, 3.05) is 11.1 Å². The molecular formula is C12H11N5S. The van der Waals surface area contributed by atoms with Crippen molar-refractivity contribution >= 4 is 34.0 Å². The Morgan fingerprint density at radius 1 is 1.22 bits per heavy atom. The van der Waals surface area contributed by atoms with Gasteiger partial charge in [0.05, 0.1) is 23.3 Å². The van der Waals surface area contributed by atoms with Gasteiger partial charge in [-0.2, -0.15) is 4.98 Å². The average molecular weight is 257 g/mol. The monoisotopic (exact) mass is 257 g/mol. The fourth-order valence-electron chi connectivity index (χ4n) is 1.73. The van der Waals surface area contributed by atoms with Crippen LogP contribution < -0.4 is 11.1 Å². The Morgan fingerprint density at radius 2 is 2.11 bits per heavy atom. The quantitative estimate of drug-likeness (QED) is 0.752. The van der Waals surface area contributed by atoms with Crippen molar-refractivity contribution in [1.29, 1.82) is 0 Å². The number of anilines is 2. The molecule has 0 atom stereocenters. The molecule has 1 aromatic carbocycles. The molecule has 0 aliphatic carbocycles. The third-order valence-corrected chi connectivity index (χ3v) is 3.18. The first-order chi connectivity index (χ1) is 8.83. The predicted molar refractivity (Wildman–Crippen MR) is 73.4 cm³/mol. The maximum atomic E-state index is 5.70. The lowest BCUT2D eigenvalue weighted by atomic mass is 10.2. The van der Waals surface area contributed by atoms with Gasteiger partial charge in [-0.15, -0.1) is 11.3 Å². The SMILES string of the molecule is Nc1nc(NCc2cscn2)c2ccccc2n1. The molecule has 3 rings (SSSR count). The minimum Gasteiger partial charge on any atom is -0.368 e. The summed E-state index contributed by atoms with van der Waals surface area (Å²) in [6.45, 7) is 0.629. The lowest BCUT2D eigenvalue weighted by Gasteiger charge is -2.08. The first kappa shape index (κ1) is 10.9. The van der Waals surface area contributed by atoms with Crippen molar-refractivity contribution in [3.63, 3.8) is 0 Å². The van der Waals surface area contributed by atoms with Crippen LogP contribution in [-0.4, -0.2) is 15.0 Å². The van der Waals surface area contributed by atoms with Crippen LogP contribution in [0.3, 0.4) is 0 Å². The lowest BCUT2D eigenvalue weighted by Crippen LogP contribution is -2.05. The second kappa shape index (κ2) is 4.58. The second-order valence-electron chi connectivity index (χ2n) is 3.78. The summed E-state index contributed by atoms with van der Waals surface area (Å²) in [6, 6.07) is 7.77. The highest BCUT2D eigenvalue weighted by molar-refractivity contribution is 7.07. The van der Waals surface area contributed by atoms with Gasteiger partial charge in [0.1, 0.15) is 5.82 Å². The van der Waals surface area contributed by atoms with Gasteiger partial charge in [-0.1, -0.05) is 12.1 Å². The van der Waals surface area contributed by atoms with Gasteiger partial charge in [0.25, 0.3) is 0 Å². The summed E-state index contributed by atoms with van der Waals surface area (Å²) in [7, 11) is 0. The highest BCUT2D eigenvalue weighted by Crippen LogP contribution is 2.21. The summed E-state index contributed by atoms with van der Waals surface area (Å²) in [5, 5.41) is 6.20. The van der Waals surface area contributed by atoms with E-state index in [2.05, 4.69) is 20.3 Å². The van der Waals surface area contributed by atoms with Crippen LogP contribution in [0.1, 0.15) is 5.69 Å². The third kappa shape index (κ3) is 2.10. The molecule has 3 aromatic rings. The molecule has 6 heteroatoms. The van der Waals surface area contributed by atoms with Crippen molar-refractivity contribution in [3.05, 3.63) is 40.8 Å². The number of nitrogens with one attached hydrogen (secondary N) is 1. The summed E-state index contributed by atoms with van der Waals surface area (Å²) in [5.74, 6) is 1.01. The van der Waals surface area contributed by atoms with Gasteiger partial charge in [-0.3, -0.25) is 0 Å². The molecule has 3 N–H and O–H groups in total.